The molecular weight excluding hydrogens is 420 g/mol. The lowest BCUT2D eigenvalue weighted by molar-refractivity contribution is -0.119. The number of esters is 2. The van der Waals surface area contributed by atoms with E-state index in [0.29, 0.717) is 11.4 Å². The number of ether oxygens (including phenoxy) is 2. The number of sulfonamides is 1. The van der Waals surface area contributed by atoms with E-state index in [1.165, 1.54) is 23.5 Å². The fourth-order valence-electron chi connectivity index (χ4n) is 2.23. The molecule has 0 unspecified atom stereocenters. The topological polar surface area (TPSA) is 142 Å². The number of nitrogens with one attached hydrogen (secondary N) is 1. The Morgan fingerprint density at radius 1 is 1.07 bits per heavy atom. The normalized spacial score (nSPS) is 11.0. The van der Waals surface area contributed by atoms with Crippen LogP contribution >= 0.6 is 11.3 Å². The molecule has 0 aliphatic rings. The van der Waals surface area contributed by atoms with E-state index in [9.17, 15) is 22.8 Å². The molecule has 1 aromatic carbocycles. The van der Waals surface area contributed by atoms with Gasteiger partial charge in [0, 0.05) is 4.88 Å². The summed E-state index contributed by atoms with van der Waals surface area (Å²) in [5, 5.41) is 7.85. The van der Waals surface area contributed by atoms with Crippen molar-refractivity contribution in [2.75, 3.05) is 18.5 Å². The van der Waals surface area contributed by atoms with Gasteiger partial charge in [0.15, 0.2) is 6.61 Å². The maximum atomic E-state index is 12.1. The van der Waals surface area contributed by atoms with E-state index in [1.54, 1.807) is 13.0 Å². The van der Waals surface area contributed by atoms with Crippen molar-refractivity contribution in [2.45, 2.75) is 25.2 Å². The largest absolute Gasteiger partial charge is 0.462 e. The van der Waals surface area contributed by atoms with E-state index in [-0.39, 0.29) is 22.6 Å². The van der Waals surface area contributed by atoms with Gasteiger partial charge >= 0.3 is 11.9 Å². The summed E-state index contributed by atoms with van der Waals surface area (Å²) in [6, 6.07) is 6.43. The molecule has 11 heteroatoms. The summed E-state index contributed by atoms with van der Waals surface area (Å²) < 4.78 is 32.3. The molecule has 156 valence electrons. The molecule has 1 aromatic heterocycles. The number of aryl methyl sites for hydroxylation is 1. The van der Waals surface area contributed by atoms with Crippen molar-refractivity contribution in [2.24, 2.45) is 5.14 Å². The van der Waals surface area contributed by atoms with Crippen molar-refractivity contribution in [3.8, 4) is 0 Å². The van der Waals surface area contributed by atoms with Crippen LogP contribution in [0.5, 0.6) is 0 Å². The van der Waals surface area contributed by atoms with Gasteiger partial charge in [0.25, 0.3) is 5.91 Å². The van der Waals surface area contributed by atoms with E-state index in [2.05, 4.69) is 5.32 Å². The molecule has 0 aliphatic carbocycles. The molecule has 2 rings (SSSR count). The number of thiophene rings is 1. The van der Waals surface area contributed by atoms with Gasteiger partial charge in [-0.3, -0.25) is 4.79 Å². The van der Waals surface area contributed by atoms with E-state index < -0.39 is 34.5 Å². The average molecular weight is 440 g/mol. The van der Waals surface area contributed by atoms with E-state index >= 15 is 0 Å². The number of anilines is 1. The Labute approximate surface area is 171 Å². The zero-order chi connectivity index (χ0) is 21.6. The number of hydrogen-bond acceptors (Lipinski definition) is 8. The summed E-state index contributed by atoms with van der Waals surface area (Å²) in [6.07, 6.45) is 0.677. The first-order chi connectivity index (χ1) is 13.7. The molecule has 1 heterocycles. The Hall–Kier alpha value is -2.76. The zero-order valence-corrected chi connectivity index (χ0v) is 17.4. The van der Waals surface area contributed by atoms with Crippen LogP contribution in [-0.2, 0) is 30.7 Å². The number of rotatable bonds is 8. The smallest absolute Gasteiger partial charge is 0.341 e. The minimum absolute atomic E-state index is 0.0572. The molecule has 1 amide bonds. The van der Waals surface area contributed by atoms with Crippen molar-refractivity contribution in [1.82, 2.24) is 0 Å². The Balaban J connectivity index is 2.00. The van der Waals surface area contributed by atoms with E-state index in [1.807, 2.05) is 6.92 Å². The lowest BCUT2D eigenvalue weighted by Crippen LogP contribution is -2.21. The first-order valence-corrected chi connectivity index (χ1v) is 10.9. The van der Waals surface area contributed by atoms with Crippen LogP contribution in [0.2, 0.25) is 0 Å². The standard InChI is InChI=1S/C18H20N2O7S2/c1-3-12-9-14(18(23)26-4-2)16(28-12)20-15(21)10-27-17(22)11-5-7-13(8-6-11)29(19,24)25/h5-9H,3-4,10H2,1-2H3,(H,20,21)(H2,19,24,25). The van der Waals surface area contributed by atoms with Gasteiger partial charge in [0.2, 0.25) is 10.0 Å². The zero-order valence-electron chi connectivity index (χ0n) is 15.8. The van der Waals surface area contributed by atoms with E-state index in [4.69, 9.17) is 14.6 Å². The maximum absolute atomic E-state index is 12.1. The molecule has 0 bridgehead atoms. The highest BCUT2D eigenvalue weighted by molar-refractivity contribution is 7.89. The van der Waals surface area contributed by atoms with Gasteiger partial charge < -0.3 is 14.8 Å². The second-order valence-electron chi connectivity index (χ2n) is 5.72. The molecule has 0 fully saturated rings. The Kier molecular flexibility index (Phi) is 7.48. The van der Waals surface area contributed by atoms with Crippen molar-refractivity contribution < 1.29 is 32.3 Å². The van der Waals surface area contributed by atoms with Gasteiger partial charge in [-0.05, 0) is 43.7 Å². The minimum atomic E-state index is -3.87. The summed E-state index contributed by atoms with van der Waals surface area (Å²) in [7, 11) is -3.87. The van der Waals surface area contributed by atoms with Crippen molar-refractivity contribution in [3.05, 3.63) is 46.3 Å². The summed E-state index contributed by atoms with van der Waals surface area (Å²) in [6.45, 7) is 3.20. The van der Waals surface area contributed by atoms with Gasteiger partial charge in [0.1, 0.15) is 5.00 Å². The molecule has 29 heavy (non-hydrogen) atoms. The Bertz CT molecular complexity index is 1010. The van der Waals surface area contributed by atoms with Crippen LogP contribution in [0.3, 0.4) is 0 Å². The third-order valence-corrected chi connectivity index (χ3v) is 5.76. The molecular formula is C18H20N2O7S2. The maximum Gasteiger partial charge on any atom is 0.341 e. The fraction of sp³-hybridized carbons (Fsp3) is 0.278. The highest BCUT2D eigenvalue weighted by atomic mass is 32.2. The molecule has 0 aliphatic heterocycles. The van der Waals surface area contributed by atoms with Crippen LogP contribution in [0.25, 0.3) is 0 Å². The highest BCUT2D eigenvalue weighted by Gasteiger charge is 2.19. The van der Waals surface area contributed by atoms with Gasteiger partial charge in [0.05, 0.1) is 22.6 Å². The Morgan fingerprint density at radius 2 is 1.72 bits per heavy atom. The number of nitrogens with two attached hydrogens (primary N) is 1. The molecule has 3 N–H and O–H groups in total. The number of benzene rings is 1. The van der Waals surface area contributed by atoms with Gasteiger partial charge in [-0.25, -0.2) is 23.1 Å². The van der Waals surface area contributed by atoms with Crippen LogP contribution in [0.1, 0.15) is 39.4 Å². The van der Waals surface area contributed by atoms with Crippen LogP contribution < -0.4 is 10.5 Å². The molecule has 9 nitrogen and oxygen atoms in total. The number of carbonyl (C=O) groups is 3. The molecule has 0 saturated heterocycles. The summed E-state index contributed by atoms with van der Waals surface area (Å²) >= 11 is 1.23. The second kappa shape index (κ2) is 9.63. The minimum Gasteiger partial charge on any atom is -0.462 e. The molecule has 0 spiro atoms. The summed E-state index contributed by atoms with van der Waals surface area (Å²) in [5.74, 6) is -1.99. The van der Waals surface area contributed by atoms with Crippen molar-refractivity contribution in [1.29, 1.82) is 0 Å². The molecule has 0 saturated carbocycles. The summed E-state index contributed by atoms with van der Waals surface area (Å²) in [5.41, 5.74) is 0.300. The lowest BCUT2D eigenvalue weighted by atomic mass is 10.2. The number of amides is 1. The van der Waals surface area contributed by atoms with Crippen molar-refractivity contribution >= 4 is 44.2 Å². The quantitative estimate of drug-likeness (QED) is 0.597. The third kappa shape index (κ3) is 6.11. The number of primary sulfonamides is 1. The second-order valence-corrected chi connectivity index (χ2v) is 8.42. The average Bonchev–Trinajstić information content (AvgIpc) is 3.08. The van der Waals surface area contributed by atoms with Gasteiger partial charge in [-0.2, -0.15) is 0 Å². The van der Waals surface area contributed by atoms with Crippen LogP contribution in [0.15, 0.2) is 35.2 Å². The number of hydrogen-bond donors (Lipinski definition) is 2. The first-order valence-electron chi connectivity index (χ1n) is 8.55. The number of carbonyl (C=O) groups excluding carboxylic acids is 3. The van der Waals surface area contributed by atoms with Crippen LogP contribution in [-0.4, -0.2) is 39.5 Å². The van der Waals surface area contributed by atoms with Gasteiger partial charge in [-0.1, -0.05) is 6.92 Å². The van der Waals surface area contributed by atoms with Crippen LogP contribution in [0, 0.1) is 0 Å². The van der Waals surface area contributed by atoms with E-state index in [0.717, 1.165) is 17.0 Å². The molecule has 0 radical (unpaired) electrons. The first kappa shape index (κ1) is 22.5. The highest BCUT2D eigenvalue weighted by Crippen LogP contribution is 2.29. The van der Waals surface area contributed by atoms with Crippen molar-refractivity contribution in [3.63, 3.8) is 0 Å². The molecule has 2 aromatic rings. The Morgan fingerprint density at radius 3 is 2.28 bits per heavy atom. The predicted octanol–water partition coefficient (Wildman–Crippen LogP) is 1.93. The predicted molar refractivity (Wildman–Crippen MR) is 106 cm³/mol. The SMILES string of the molecule is CCOC(=O)c1cc(CC)sc1NC(=O)COC(=O)c1ccc(S(N)(=O)=O)cc1. The lowest BCUT2D eigenvalue weighted by Gasteiger charge is -2.07. The molecule has 0 atom stereocenters. The third-order valence-electron chi connectivity index (χ3n) is 3.63. The van der Waals surface area contributed by atoms with Gasteiger partial charge in [-0.15, -0.1) is 11.3 Å². The monoisotopic (exact) mass is 440 g/mol. The summed E-state index contributed by atoms with van der Waals surface area (Å²) in [4.78, 5) is 36.9. The fourth-order valence-corrected chi connectivity index (χ4v) is 3.74. The van der Waals surface area contributed by atoms with Crippen LogP contribution in [0.4, 0.5) is 5.00 Å².